The molecule has 1 atom stereocenters. The first-order chi connectivity index (χ1) is 17.9. The molecule has 1 saturated heterocycles. The molecule has 0 radical (unpaired) electrons. The molecule has 4 aromatic rings. The van der Waals surface area contributed by atoms with E-state index in [1.54, 1.807) is 12.3 Å². The molecule has 1 aliphatic rings. The number of rotatable bonds is 7. The fraction of sp³-hybridized carbons (Fsp3) is 0.207. The largest absolute Gasteiger partial charge is 0.368 e. The van der Waals surface area contributed by atoms with E-state index >= 15 is 0 Å². The first-order valence-corrected chi connectivity index (χ1v) is 12.2. The van der Waals surface area contributed by atoms with Crippen molar-refractivity contribution in [2.75, 3.05) is 42.7 Å². The van der Waals surface area contributed by atoms with Gasteiger partial charge in [0.1, 0.15) is 5.82 Å². The van der Waals surface area contributed by atoms with Gasteiger partial charge < -0.3 is 20.4 Å². The average molecular weight is 497 g/mol. The minimum Gasteiger partial charge on any atom is -0.368 e. The summed E-state index contributed by atoms with van der Waals surface area (Å²) in [6.45, 7) is 5.37. The molecular weight excluding hydrogens is 467 g/mol. The number of amides is 1. The molecule has 7 nitrogen and oxygen atoms in total. The van der Waals surface area contributed by atoms with Crippen molar-refractivity contribution in [3.05, 3.63) is 85.3 Å². The smallest absolute Gasteiger partial charge is 0.247 e. The van der Waals surface area contributed by atoms with Crippen LogP contribution in [0.4, 0.5) is 27.4 Å². The molecule has 37 heavy (non-hydrogen) atoms. The van der Waals surface area contributed by atoms with Gasteiger partial charge in [-0.15, -0.1) is 0 Å². The quantitative estimate of drug-likeness (QED) is 0.332. The highest BCUT2D eigenvalue weighted by molar-refractivity contribution is 6.02. The van der Waals surface area contributed by atoms with Gasteiger partial charge in [-0.25, -0.2) is 14.4 Å². The molecule has 0 aliphatic carbocycles. The number of carbonyl (C=O) groups excluding carboxylic acids is 1. The highest BCUT2D eigenvalue weighted by atomic mass is 19.1. The summed E-state index contributed by atoms with van der Waals surface area (Å²) >= 11 is 0. The zero-order chi connectivity index (χ0) is 25.9. The second-order valence-corrected chi connectivity index (χ2v) is 9.35. The van der Waals surface area contributed by atoms with Crippen molar-refractivity contribution in [2.24, 2.45) is 0 Å². The van der Waals surface area contributed by atoms with E-state index in [1.165, 1.54) is 18.2 Å². The number of hydrogen-bond acceptors (Lipinski definition) is 6. The van der Waals surface area contributed by atoms with Crippen molar-refractivity contribution in [1.29, 1.82) is 0 Å². The number of benzene rings is 3. The number of hydrogen-bond donors (Lipinski definition) is 2. The van der Waals surface area contributed by atoms with E-state index in [2.05, 4.69) is 46.1 Å². The van der Waals surface area contributed by atoms with Crippen LogP contribution in [0.15, 0.2) is 79.5 Å². The van der Waals surface area contributed by atoms with Crippen molar-refractivity contribution >= 4 is 39.8 Å². The van der Waals surface area contributed by atoms with Gasteiger partial charge in [-0.2, -0.15) is 0 Å². The Labute approximate surface area is 215 Å². The number of nitrogens with zero attached hydrogens (tertiary/aromatic N) is 4. The Morgan fingerprint density at radius 3 is 2.76 bits per heavy atom. The number of likely N-dealkylation sites (N-methyl/N-ethyl adjacent to an activating group) is 1. The molecule has 188 valence electrons. The molecule has 0 bridgehead atoms. The van der Waals surface area contributed by atoms with Gasteiger partial charge in [0.15, 0.2) is 0 Å². The van der Waals surface area contributed by atoms with Gasteiger partial charge in [0.05, 0.1) is 16.9 Å². The third kappa shape index (κ3) is 5.29. The number of para-hydroxylation sites is 1. The van der Waals surface area contributed by atoms with E-state index in [1.807, 2.05) is 42.5 Å². The first-order valence-electron chi connectivity index (χ1n) is 12.2. The summed E-state index contributed by atoms with van der Waals surface area (Å²) in [5.74, 6) is -0.173. The first kappa shape index (κ1) is 24.4. The van der Waals surface area contributed by atoms with E-state index < -0.39 is 0 Å². The van der Waals surface area contributed by atoms with Crippen molar-refractivity contribution < 1.29 is 9.18 Å². The van der Waals surface area contributed by atoms with Crippen molar-refractivity contribution in [2.45, 2.75) is 12.5 Å². The Bertz CT molecular complexity index is 1470. The molecule has 1 amide bonds. The maximum absolute atomic E-state index is 13.9. The summed E-state index contributed by atoms with van der Waals surface area (Å²) in [4.78, 5) is 25.9. The van der Waals surface area contributed by atoms with Crippen LogP contribution in [0.2, 0.25) is 0 Å². The third-order valence-electron chi connectivity index (χ3n) is 6.68. The standard InChI is InChI=1S/C29H29FN6O/c1-4-27(37)33-25-16-22(11-12-26(25)36-14-13-23(18-36)35(2)3)32-29-31-17-20-8-6-10-24(28(20)34-29)19-7-5-9-21(30)15-19/h4-12,15-17,23H,1,13-14,18H2,2-3H3,(H,33,37)(H,31,32,34). The lowest BCUT2D eigenvalue weighted by Crippen LogP contribution is -2.31. The number of anilines is 4. The lowest BCUT2D eigenvalue weighted by molar-refractivity contribution is -0.111. The lowest BCUT2D eigenvalue weighted by atomic mass is 10.0. The minimum absolute atomic E-state index is 0.275. The summed E-state index contributed by atoms with van der Waals surface area (Å²) < 4.78 is 13.9. The molecule has 1 unspecified atom stereocenters. The van der Waals surface area contributed by atoms with Gasteiger partial charge in [0.2, 0.25) is 11.9 Å². The second-order valence-electron chi connectivity index (χ2n) is 9.35. The van der Waals surface area contributed by atoms with Crippen LogP contribution in [0, 0.1) is 5.82 Å². The van der Waals surface area contributed by atoms with Gasteiger partial charge in [0, 0.05) is 42.0 Å². The number of aromatic nitrogens is 2. The molecule has 1 aliphatic heterocycles. The monoisotopic (exact) mass is 496 g/mol. The fourth-order valence-corrected chi connectivity index (χ4v) is 4.69. The highest BCUT2D eigenvalue weighted by Gasteiger charge is 2.26. The molecule has 0 saturated carbocycles. The van der Waals surface area contributed by atoms with Gasteiger partial charge in [-0.05, 0) is 62.5 Å². The normalized spacial score (nSPS) is 15.2. The topological polar surface area (TPSA) is 73.4 Å². The predicted octanol–water partition coefficient (Wildman–Crippen LogP) is 5.44. The van der Waals surface area contributed by atoms with Crippen molar-refractivity contribution in [3.63, 3.8) is 0 Å². The molecule has 2 heterocycles. The van der Waals surface area contributed by atoms with E-state index in [9.17, 15) is 9.18 Å². The van der Waals surface area contributed by atoms with Crippen LogP contribution in [-0.2, 0) is 4.79 Å². The summed E-state index contributed by atoms with van der Waals surface area (Å²) in [6.07, 6.45) is 4.06. The molecule has 2 N–H and O–H groups in total. The van der Waals surface area contributed by atoms with Crippen LogP contribution in [0.5, 0.6) is 0 Å². The van der Waals surface area contributed by atoms with E-state index in [0.29, 0.717) is 23.2 Å². The zero-order valence-corrected chi connectivity index (χ0v) is 20.9. The number of carbonyl (C=O) groups is 1. The Hall–Kier alpha value is -4.30. The number of halogens is 1. The van der Waals surface area contributed by atoms with Crippen LogP contribution in [0.1, 0.15) is 6.42 Å². The molecule has 1 fully saturated rings. The van der Waals surface area contributed by atoms with Crippen molar-refractivity contribution in [1.82, 2.24) is 14.9 Å². The second kappa shape index (κ2) is 10.4. The van der Waals surface area contributed by atoms with E-state index in [-0.39, 0.29) is 11.7 Å². The summed E-state index contributed by atoms with van der Waals surface area (Å²) in [5, 5.41) is 7.06. The number of fused-ring (bicyclic) bond motifs is 1. The van der Waals surface area contributed by atoms with Crippen LogP contribution >= 0.6 is 0 Å². The Kier molecular flexibility index (Phi) is 6.83. The summed E-state index contributed by atoms with van der Waals surface area (Å²) in [6, 6.07) is 18.5. The van der Waals surface area contributed by atoms with Crippen LogP contribution < -0.4 is 15.5 Å². The maximum atomic E-state index is 13.9. The maximum Gasteiger partial charge on any atom is 0.247 e. The predicted molar refractivity (Wildman–Crippen MR) is 148 cm³/mol. The highest BCUT2D eigenvalue weighted by Crippen LogP contribution is 2.34. The van der Waals surface area contributed by atoms with Crippen LogP contribution in [0.3, 0.4) is 0 Å². The third-order valence-corrected chi connectivity index (χ3v) is 6.68. The van der Waals surface area contributed by atoms with Gasteiger partial charge in [-0.1, -0.05) is 36.9 Å². The molecule has 1 aromatic heterocycles. The lowest BCUT2D eigenvalue weighted by Gasteiger charge is -2.24. The zero-order valence-electron chi connectivity index (χ0n) is 20.9. The molecule has 8 heteroatoms. The Morgan fingerprint density at radius 2 is 2.00 bits per heavy atom. The minimum atomic E-state index is -0.300. The Balaban J connectivity index is 1.47. The SMILES string of the molecule is C=CC(=O)Nc1cc(Nc2ncc3cccc(-c4cccc(F)c4)c3n2)ccc1N1CCC(N(C)C)C1. The van der Waals surface area contributed by atoms with Crippen LogP contribution in [0.25, 0.3) is 22.0 Å². The summed E-state index contributed by atoms with van der Waals surface area (Å²) in [7, 11) is 4.18. The molecule has 5 rings (SSSR count). The van der Waals surface area contributed by atoms with Crippen LogP contribution in [-0.4, -0.2) is 54.0 Å². The molecular formula is C29H29FN6O. The van der Waals surface area contributed by atoms with Gasteiger partial charge in [0.25, 0.3) is 0 Å². The van der Waals surface area contributed by atoms with E-state index in [4.69, 9.17) is 4.98 Å². The van der Waals surface area contributed by atoms with E-state index in [0.717, 1.165) is 47.4 Å². The van der Waals surface area contributed by atoms with Gasteiger partial charge >= 0.3 is 0 Å². The fourth-order valence-electron chi connectivity index (χ4n) is 4.69. The van der Waals surface area contributed by atoms with Gasteiger partial charge in [-0.3, -0.25) is 4.79 Å². The Morgan fingerprint density at radius 1 is 1.16 bits per heavy atom. The summed E-state index contributed by atoms with van der Waals surface area (Å²) in [5.41, 5.74) is 4.66. The number of nitrogens with one attached hydrogen (secondary N) is 2. The van der Waals surface area contributed by atoms with Crippen molar-refractivity contribution in [3.8, 4) is 11.1 Å². The molecule has 3 aromatic carbocycles. The average Bonchev–Trinajstić information content (AvgIpc) is 3.39. The molecule has 0 spiro atoms.